The fourth-order valence-electron chi connectivity index (χ4n) is 23.5. The first kappa shape index (κ1) is 90.5. The minimum absolute atomic E-state index is 1.20. The van der Waals surface area contributed by atoms with Crippen LogP contribution in [0.1, 0.15) is 0 Å². The summed E-state index contributed by atoms with van der Waals surface area (Å²) < 4.78 is 0. The Morgan fingerprint density at radius 1 is 0.0733 bits per heavy atom. The van der Waals surface area contributed by atoms with E-state index >= 15 is 0 Å². The average molecular weight is 1900 g/mol. The molecular formula is C150H100. The van der Waals surface area contributed by atoms with Gasteiger partial charge in [-0.1, -0.05) is 570 Å². The molecule has 0 saturated heterocycles. The Bertz CT molecular complexity index is 9350. The van der Waals surface area contributed by atoms with Gasteiger partial charge in [-0.25, -0.2) is 0 Å². The minimum Gasteiger partial charge on any atom is -0.0622 e. The molecule has 0 aromatic heterocycles. The van der Waals surface area contributed by atoms with Crippen molar-refractivity contribution in [2.24, 2.45) is 0 Å². The second-order valence-electron chi connectivity index (χ2n) is 38.8. The maximum atomic E-state index is 2.43. The van der Waals surface area contributed by atoms with Crippen LogP contribution in [0.15, 0.2) is 607 Å². The van der Waals surface area contributed by atoms with Crippen molar-refractivity contribution in [3.8, 4) is 178 Å². The Hall–Kier alpha value is -19.5. The quantitative estimate of drug-likeness (QED) is 0.0846. The molecule has 0 fully saturated rings. The predicted octanol–water partition coefficient (Wildman–Crippen LogP) is 42.1. The van der Waals surface area contributed by atoms with Crippen LogP contribution < -0.4 is 0 Å². The SMILES string of the molecule is c1ccc(-c2ccc(-c3c4ccccc4c(-c4ccc(-c5ccccc5)cc4-c4ccccc4)c4cc5ccccc5cc34)c(-c3ccccc3)c2)cc1.c1ccc(-c2ccccc2-c2c3ccccc3c(-c3ccccc3-c3ccccc3)c3c(-c4ccccc4)c4ccccc4c(-c4ccccc4)c23)cc1.c1ccc(-c2ccccc2-c2c3ccccc3c(-c3ccccc3-c3ccccc3)c3cc4ccccc4cc23)cc1. The molecule has 0 aliphatic carbocycles. The van der Waals surface area contributed by atoms with Crippen LogP contribution in [0, 0.1) is 0 Å². The molecule has 0 saturated carbocycles. The summed E-state index contributed by atoms with van der Waals surface area (Å²) in [6, 6.07) is 221. The molecule has 0 heteroatoms. The van der Waals surface area contributed by atoms with Gasteiger partial charge < -0.3 is 0 Å². The largest absolute Gasteiger partial charge is 0.0622 e. The highest BCUT2D eigenvalue weighted by Crippen LogP contribution is 2.58. The Labute approximate surface area is 875 Å². The summed E-state index contributed by atoms with van der Waals surface area (Å²) >= 11 is 0. The molecule has 0 aliphatic heterocycles. The van der Waals surface area contributed by atoms with Crippen LogP contribution >= 0.6 is 0 Å². The maximum absolute atomic E-state index is 2.43. The molecule has 0 radical (unpaired) electrons. The molecule has 700 valence electrons. The summed E-state index contributed by atoms with van der Waals surface area (Å²) in [6.45, 7) is 0. The van der Waals surface area contributed by atoms with Crippen molar-refractivity contribution in [2.75, 3.05) is 0 Å². The van der Waals surface area contributed by atoms with E-state index in [9.17, 15) is 0 Å². The average Bonchev–Trinajstić information content (AvgIpc) is 0.697. The van der Waals surface area contributed by atoms with Gasteiger partial charge in [-0.05, 0) is 311 Å². The second kappa shape index (κ2) is 40.2. The van der Waals surface area contributed by atoms with Crippen molar-refractivity contribution in [1.29, 1.82) is 0 Å². The van der Waals surface area contributed by atoms with Crippen LogP contribution in [0.25, 0.3) is 275 Å². The van der Waals surface area contributed by atoms with Crippen molar-refractivity contribution in [2.45, 2.75) is 0 Å². The molecule has 0 aliphatic rings. The molecule has 0 nitrogen and oxygen atoms in total. The van der Waals surface area contributed by atoms with E-state index in [2.05, 4.69) is 607 Å². The van der Waals surface area contributed by atoms with Crippen LogP contribution in [-0.4, -0.2) is 0 Å². The standard InChI is InChI=1S/2C54H36.C42H28/c1-5-21-37(22-6-1)41-29-13-15-31-43(41)51-47-35-19-20-36-48(47)52(44-32-16-14-30-42(44)38-23-7-2-8-24-38)54-50(40-27-11-4-12-28-40)46-34-18-17-33-45(46)49(53(51)54)39-25-9-3-10-26-39;1-5-17-37(18-6-1)43-29-31-47(49(33-43)39-21-9-3-10-22-39)53-45-27-15-16-28-46(45)54(52-36-42-26-14-13-25-41(42)35-51(52)53)48-32-30-44(38-19-7-2-8-20-38)34-50(48)40-23-11-4-12-24-40;1-3-15-29(16-4-1)33-21-9-11-23-35(33)41-37-25-13-14-26-38(37)42(40-28-32-20-8-7-19-31(32)27-39(40)41)36-24-12-10-22-34(36)30-17-5-2-6-18-30/h2*1-36H;1-28H. The summed E-state index contributed by atoms with van der Waals surface area (Å²) in [5.74, 6) is 0. The number of hydrogen-bond donors (Lipinski definition) is 0. The zero-order chi connectivity index (χ0) is 99.6. The lowest BCUT2D eigenvalue weighted by Crippen LogP contribution is -1.99. The topological polar surface area (TPSA) is 0 Å². The number of rotatable bonds is 16. The van der Waals surface area contributed by atoms with Gasteiger partial charge in [0.2, 0.25) is 0 Å². The van der Waals surface area contributed by atoms with E-state index < -0.39 is 0 Å². The molecule has 0 atom stereocenters. The lowest BCUT2D eigenvalue weighted by atomic mass is 9.76. The molecule has 0 unspecified atom stereocenters. The van der Waals surface area contributed by atoms with Gasteiger partial charge in [-0.2, -0.15) is 0 Å². The van der Waals surface area contributed by atoms with Gasteiger partial charge >= 0.3 is 0 Å². The van der Waals surface area contributed by atoms with E-state index in [1.165, 1.54) is 275 Å². The molecular weight excluding hydrogens is 1800 g/mol. The summed E-state index contributed by atoms with van der Waals surface area (Å²) in [7, 11) is 0. The third-order valence-electron chi connectivity index (χ3n) is 30.2. The predicted molar refractivity (Wildman–Crippen MR) is 644 cm³/mol. The highest BCUT2D eigenvalue weighted by Gasteiger charge is 2.31. The molecule has 0 bridgehead atoms. The molecule has 0 amide bonds. The molecule has 0 heterocycles. The summed E-state index contributed by atoms with van der Waals surface area (Å²) in [5, 5.41) is 22.5. The third-order valence-corrected chi connectivity index (χ3v) is 30.2. The molecule has 28 aromatic rings. The van der Waals surface area contributed by atoms with Gasteiger partial charge in [-0.3, -0.25) is 0 Å². The normalized spacial score (nSPS) is 11.3. The molecule has 28 aromatic carbocycles. The van der Waals surface area contributed by atoms with Gasteiger partial charge in [0.1, 0.15) is 0 Å². The van der Waals surface area contributed by atoms with Gasteiger partial charge in [-0.15, -0.1) is 0 Å². The maximum Gasteiger partial charge on any atom is -0.000116 e. The fraction of sp³-hybridized carbons (Fsp3) is 0. The smallest absolute Gasteiger partial charge is 0.000116 e. The highest BCUT2D eigenvalue weighted by molar-refractivity contribution is 6.36. The van der Waals surface area contributed by atoms with Crippen molar-refractivity contribution in [3.63, 3.8) is 0 Å². The van der Waals surface area contributed by atoms with E-state index in [-0.39, 0.29) is 0 Å². The molecule has 150 heavy (non-hydrogen) atoms. The molecule has 0 spiro atoms. The van der Waals surface area contributed by atoms with Crippen molar-refractivity contribution < 1.29 is 0 Å². The Morgan fingerprint density at radius 3 is 0.467 bits per heavy atom. The molecule has 28 rings (SSSR count). The van der Waals surface area contributed by atoms with Crippen molar-refractivity contribution in [1.82, 2.24) is 0 Å². The van der Waals surface area contributed by atoms with E-state index in [1.807, 2.05) is 0 Å². The fourth-order valence-corrected chi connectivity index (χ4v) is 23.5. The van der Waals surface area contributed by atoms with Gasteiger partial charge in [0.15, 0.2) is 0 Å². The number of benzene rings is 28. The zero-order valence-corrected chi connectivity index (χ0v) is 82.7. The summed E-state index contributed by atoms with van der Waals surface area (Å²) in [5.41, 5.74) is 39.4. The monoisotopic (exact) mass is 1900 g/mol. The van der Waals surface area contributed by atoms with Gasteiger partial charge in [0.25, 0.3) is 0 Å². The molecule has 0 N–H and O–H groups in total. The van der Waals surface area contributed by atoms with Crippen LogP contribution in [0.5, 0.6) is 0 Å². The van der Waals surface area contributed by atoms with Crippen molar-refractivity contribution in [3.05, 3.63) is 607 Å². The third kappa shape index (κ3) is 16.8. The van der Waals surface area contributed by atoms with E-state index in [0.717, 1.165) is 0 Å². The number of hydrogen-bond acceptors (Lipinski definition) is 0. The van der Waals surface area contributed by atoms with Crippen molar-refractivity contribution >= 4 is 97.0 Å². The van der Waals surface area contributed by atoms with E-state index in [0.29, 0.717) is 0 Å². The van der Waals surface area contributed by atoms with Crippen LogP contribution in [0.4, 0.5) is 0 Å². The second-order valence-corrected chi connectivity index (χ2v) is 38.8. The van der Waals surface area contributed by atoms with E-state index in [4.69, 9.17) is 0 Å². The highest BCUT2D eigenvalue weighted by atomic mass is 14.3. The number of fused-ring (bicyclic) bond motifs is 9. The first-order valence-electron chi connectivity index (χ1n) is 51.9. The first-order chi connectivity index (χ1) is 74.5. The zero-order valence-electron chi connectivity index (χ0n) is 82.7. The minimum atomic E-state index is 1.20. The lowest BCUT2D eigenvalue weighted by Gasteiger charge is -2.26. The Balaban J connectivity index is 0.000000114. The van der Waals surface area contributed by atoms with Crippen LogP contribution in [0.3, 0.4) is 0 Å². The van der Waals surface area contributed by atoms with Crippen LogP contribution in [-0.2, 0) is 0 Å². The summed E-state index contributed by atoms with van der Waals surface area (Å²) in [6.07, 6.45) is 0. The first-order valence-corrected chi connectivity index (χ1v) is 51.9. The van der Waals surface area contributed by atoms with E-state index in [1.54, 1.807) is 0 Å². The Kier molecular flexibility index (Phi) is 24.3. The van der Waals surface area contributed by atoms with Gasteiger partial charge in [0, 0.05) is 0 Å². The summed E-state index contributed by atoms with van der Waals surface area (Å²) in [4.78, 5) is 0. The van der Waals surface area contributed by atoms with Gasteiger partial charge in [0.05, 0.1) is 0 Å². The Morgan fingerprint density at radius 2 is 0.233 bits per heavy atom. The van der Waals surface area contributed by atoms with Crippen LogP contribution in [0.2, 0.25) is 0 Å². The lowest BCUT2D eigenvalue weighted by molar-refractivity contribution is 1.57.